The summed E-state index contributed by atoms with van der Waals surface area (Å²) in [5.41, 5.74) is 7.75. The first-order valence-corrected chi connectivity index (χ1v) is 4.98. The number of carbonyl (C=O) groups is 1. The van der Waals surface area contributed by atoms with Crippen molar-refractivity contribution in [3.8, 4) is 0 Å². The Bertz CT molecular complexity index is 339. The Morgan fingerprint density at radius 1 is 1.36 bits per heavy atom. The zero-order valence-electron chi connectivity index (χ0n) is 8.07. The first-order valence-electron chi connectivity index (χ1n) is 4.98. The van der Waals surface area contributed by atoms with E-state index in [1.807, 2.05) is 6.07 Å². The zero-order valence-corrected chi connectivity index (χ0v) is 8.07. The van der Waals surface area contributed by atoms with E-state index in [2.05, 4.69) is 4.98 Å². The second kappa shape index (κ2) is 3.78. The smallest absolute Gasteiger partial charge is 0.132 e. The van der Waals surface area contributed by atoms with Crippen molar-refractivity contribution >= 4 is 11.5 Å². The maximum absolute atomic E-state index is 11.1. The summed E-state index contributed by atoms with van der Waals surface area (Å²) >= 11 is 0. The summed E-state index contributed by atoms with van der Waals surface area (Å²) in [7, 11) is 0. The lowest BCUT2D eigenvalue weighted by Gasteiger charge is -2.22. The van der Waals surface area contributed by atoms with Crippen LogP contribution in [-0.4, -0.2) is 10.8 Å². The maximum Gasteiger partial charge on any atom is 0.132 e. The number of anilines is 1. The molecule has 0 bridgehead atoms. The van der Waals surface area contributed by atoms with Crippen molar-refractivity contribution in [2.45, 2.75) is 31.6 Å². The number of nitrogens with zero attached hydrogens (tertiary/aromatic N) is 1. The van der Waals surface area contributed by atoms with Crippen LogP contribution in [0.15, 0.2) is 18.5 Å². The minimum Gasteiger partial charge on any atom is -0.397 e. The highest BCUT2D eigenvalue weighted by molar-refractivity contribution is 5.79. The first kappa shape index (κ1) is 9.19. The molecule has 2 N–H and O–H groups in total. The Morgan fingerprint density at radius 2 is 2.07 bits per heavy atom. The molecule has 1 aromatic rings. The minimum atomic E-state index is 0.383. The number of ketones is 1. The number of rotatable bonds is 1. The Hall–Kier alpha value is -1.38. The molecule has 1 heterocycles. The summed E-state index contributed by atoms with van der Waals surface area (Å²) in [6.07, 6.45) is 6.73. The van der Waals surface area contributed by atoms with E-state index in [0.717, 1.165) is 24.1 Å². The fourth-order valence-electron chi connectivity index (χ4n) is 2.04. The largest absolute Gasteiger partial charge is 0.397 e. The molecule has 1 aliphatic carbocycles. The van der Waals surface area contributed by atoms with E-state index in [1.54, 1.807) is 12.4 Å². The second-order valence-electron chi connectivity index (χ2n) is 3.82. The Morgan fingerprint density at radius 3 is 2.71 bits per heavy atom. The summed E-state index contributed by atoms with van der Waals surface area (Å²) < 4.78 is 0. The molecule has 0 aliphatic heterocycles. The summed E-state index contributed by atoms with van der Waals surface area (Å²) in [5, 5.41) is 0. The van der Waals surface area contributed by atoms with Crippen molar-refractivity contribution in [1.82, 2.24) is 4.98 Å². The molecule has 0 atom stereocenters. The summed E-state index contributed by atoms with van der Waals surface area (Å²) in [6, 6.07) is 1.97. The lowest BCUT2D eigenvalue weighted by molar-refractivity contribution is -0.120. The number of hydrogen-bond donors (Lipinski definition) is 1. The van der Waals surface area contributed by atoms with Crippen LogP contribution in [0.3, 0.4) is 0 Å². The van der Waals surface area contributed by atoms with Crippen molar-refractivity contribution in [2.75, 3.05) is 5.73 Å². The monoisotopic (exact) mass is 190 g/mol. The van der Waals surface area contributed by atoms with Gasteiger partial charge in [-0.3, -0.25) is 9.78 Å². The van der Waals surface area contributed by atoms with Crippen LogP contribution in [0, 0.1) is 0 Å². The molecular formula is C11H14N2O. The molecule has 0 saturated heterocycles. The van der Waals surface area contributed by atoms with Crippen LogP contribution < -0.4 is 5.73 Å². The summed E-state index contributed by atoms with van der Waals surface area (Å²) in [6.45, 7) is 0. The molecule has 1 fully saturated rings. The number of nitrogen functional groups attached to an aromatic ring is 1. The van der Waals surface area contributed by atoms with Crippen LogP contribution in [0.2, 0.25) is 0 Å². The zero-order chi connectivity index (χ0) is 9.97. The van der Waals surface area contributed by atoms with E-state index >= 15 is 0 Å². The van der Waals surface area contributed by atoms with E-state index in [4.69, 9.17) is 5.73 Å². The molecule has 0 aromatic carbocycles. The van der Waals surface area contributed by atoms with Crippen LogP contribution in [-0.2, 0) is 4.79 Å². The van der Waals surface area contributed by atoms with Gasteiger partial charge in [0.05, 0.1) is 11.9 Å². The quantitative estimate of drug-likeness (QED) is 0.735. The molecular weight excluding hydrogens is 176 g/mol. The van der Waals surface area contributed by atoms with Gasteiger partial charge in [-0.15, -0.1) is 0 Å². The van der Waals surface area contributed by atoms with Crippen LogP contribution in [0.1, 0.15) is 37.2 Å². The topological polar surface area (TPSA) is 56.0 Å². The number of Topliss-reactive ketones (excluding diaryl/α,β-unsaturated/α-hetero) is 1. The summed E-state index contributed by atoms with van der Waals surface area (Å²) in [4.78, 5) is 15.0. The maximum atomic E-state index is 11.1. The normalized spacial score (nSPS) is 18.4. The summed E-state index contributed by atoms with van der Waals surface area (Å²) in [5.74, 6) is 0.838. The molecule has 74 valence electrons. The van der Waals surface area contributed by atoms with Gasteiger partial charge in [0, 0.05) is 19.0 Å². The van der Waals surface area contributed by atoms with E-state index in [1.165, 1.54) is 0 Å². The fraction of sp³-hybridized carbons (Fsp3) is 0.455. The standard InChI is InChI=1S/C11H14N2O/c12-11-7-13-6-5-10(11)8-1-3-9(14)4-2-8/h5-8H,1-4,12H2. The van der Waals surface area contributed by atoms with Gasteiger partial charge < -0.3 is 5.73 Å². The third-order valence-electron chi connectivity index (χ3n) is 2.87. The van der Waals surface area contributed by atoms with Crippen molar-refractivity contribution in [1.29, 1.82) is 0 Å². The molecule has 0 spiro atoms. The lowest BCUT2D eigenvalue weighted by atomic mass is 9.83. The lowest BCUT2D eigenvalue weighted by Crippen LogP contribution is -2.13. The van der Waals surface area contributed by atoms with E-state index < -0.39 is 0 Å². The van der Waals surface area contributed by atoms with Crippen LogP contribution in [0.25, 0.3) is 0 Å². The molecule has 0 radical (unpaired) electrons. The van der Waals surface area contributed by atoms with Gasteiger partial charge in [-0.1, -0.05) is 0 Å². The average molecular weight is 190 g/mol. The van der Waals surface area contributed by atoms with Gasteiger partial charge in [-0.2, -0.15) is 0 Å². The number of nitrogens with two attached hydrogens (primary N) is 1. The van der Waals surface area contributed by atoms with E-state index in [9.17, 15) is 4.79 Å². The Kier molecular flexibility index (Phi) is 2.48. The van der Waals surface area contributed by atoms with Gasteiger partial charge in [0.1, 0.15) is 5.78 Å². The fourth-order valence-corrected chi connectivity index (χ4v) is 2.04. The molecule has 3 nitrogen and oxygen atoms in total. The molecule has 2 rings (SSSR count). The van der Waals surface area contributed by atoms with Crippen LogP contribution in [0.4, 0.5) is 5.69 Å². The SMILES string of the molecule is Nc1cnccc1C1CCC(=O)CC1. The number of pyridine rings is 1. The van der Waals surface area contributed by atoms with Gasteiger partial charge in [0.15, 0.2) is 0 Å². The highest BCUT2D eigenvalue weighted by Gasteiger charge is 2.21. The number of aromatic nitrogens is 1. The molecule has 1 aromatic heterocycles. The van der Waals surface area contributed by atoms with E-state index in [-0.39, 0.29) is 0 Å². The number of carbonyl (C=O) groups excluding carboxylic acids is 1. The van der Waals surface area contributed by atoms with Crippen molar-refractivity contribution in [3.05, 3.63) is 24.0 Å². The van der Waals surface area contributed by atoms with Crippen LogP contribution >= 0.6 is 0 Å². The van der Waals surface area contributed by atoms with Crippen molar-refractivity contribution in [2.24, 2.45) is 0 Å². The molecule has 0 amide bonds. The predicted octanol–water partition coefficient (Wildman–Crippen LogP) is 1.89. The first-order chi connectivity index (χ1) is 6.77. The molecule has 1 aliphatic rings. The second-order valence-corrected chi connectivity index (χ2v) is 3.82. The molecule has 3 heteroatoms. The number of hydrogen-bond acceptors (Lipinski definition) is 3. The van der Waals surface area contributed by atoms with E-state index in [0.29, 0.717) is 24.5 Å². The van der Waals surface area contributed by atoms with Gasteiger partial charge in [0.25, 0.3) is 0 Å². The van der Waals surface area contributed by atoms with Crippen molar-refractivity contribution in [3.63, 3.8) is 0 Å². The highest BCUT2D eigenvalue weighted by Crippen LogP contribution is 2.33. The highest BCUT2D eigenvalue weighted by atomic mass is 16.1. The van der Waals surface area contributed by atoms with Crippen molar-refractivity contribution < 1.29 is 4.79 Å². The van der Waals surface area contributed by atoms with Crippen LogP contribution in [0.5, 0.6) is 0 Å². The van der Waals surface area contributed by atoms with Gasteiger partial charge in [-0.25, -0.2) is 0 Å². The Balaban J connectivity index is 2.16. The molecule has 0 unspecified atom stereocenters. The third-order valence-corrected chi connectivity index (χ3v) is 2.87. The predicted molar refractivity (Wildman–Crippen MR) is 54.9 cm³/mol. The minimum absolute atomic E-state index is 0.383. The third kappa shape index (κ3) is 1.76. The molecule has 1 saturated carbocycles. The van der Waals surface area contributed by atoms with Gasteiger partial charge in [0.2, 0.25) is 0 Å². The Labute approximate surface area is 83.3 Å². The molecule has 14 heavy (non-hydrogen) atoms. The van der Waals surface area contributed by atoms with Gasteiger partial charge >= 0.3 is 0 Å². The van der Waals surface area contributed by atoms with Gasteiger partial charge in [-0.05, 0) is 30.4 Å². The average Bonchev–Trinajstić information content (AvgIpc) is 2.20.